The molecular formula is C24H19ClN2S. The van der Waals surface area contributed by atoms with Crippen molar-refractivity contribution in [2.45, 2.75) is 0 Å². The summed E-state index contributed by atoms with van der Waals surface area (Å²) in [5, 5.41) is 2.87. The first-order valence-electron chi connectivity index (χ1n) is 8.87. The fourth-order valence-corrected chi connectivity index (χ4v) is 4.44. The Labute approximate surface area is 173 Å². The lowest BCUT2D eigenvalue weighted by molar-refractivity contribution is 0.735. The van der Waals surface area contributed by atoms with Crippen LogP contribution >= 0.6 is 22.9 Å². The third-order valence-corrected chi connectivity index (χ3v) is 6.20. The van der Waals surface area contributed by atoms with Crippen LogP contribution in [0.1, 0.15) is 11.1 Å². The maximum Gasteiger partial charge on any atom is 0.203 e. The number of benzene rings is 3. The highest BCUT2D eigenvalue weighted by Gasteiger charge is 2.13. The average Bonchev–Trinajstić information content (AvgIpc) is 3.11. The topological polar surface area (TPSA) is 15.6 Å². The van der Waals surface area contributed by atoms with Gasteiger partial charge in [0.1, 0.15) is 0 Å². The molecule has 0 unspecified atom stereocenters. The van der Waals surface area contributed by atoms with Gasteiger partial charge in [-0.1, -0.05) is 73.8 Å². The smallest absolute Gasteiger partial charge is 0.203 e. The van der Waals surface area contributed by atoms with Gasteiger partial charge >= 0.3 is 0 Å². The Balaban J connectivity index is 1.62. The number of hydrogen-bond donors (Lipinski definition) is 0. The molecule has 138 valence electrons. The van der Waals surface area contributed by atoms with Crippen molar-refractivity contribution in [1.29, 1.82) is 0 Å². The Morgan fingerprint density at radius 1 is 0.857 bits per heavy atom. The Hall–Kier alpha value is -2.88. The van der Waals surface area contributed by atoms with Gasteiger partial charge in [0.15, 0.2) is 0 Å². The number of hydrogen-bond acceptors (Lipinski definition) is 2. The van der Waals surface area contributed by atoms with Crippen LogP contribution in [0.15, 0.2) is 90.9 Å². The molecule has 2 nitrogen and oxygen atoms in total. The van der Waals surface area contributed by atoms with Gasteiger partial charge in [-0.25, -0.2) is 4.99 Å². The Bertz CT molecular complexity index is 1220. The summed E-state index contributed by atoms with van der Waals surface area (Å²) in [6.45, 7) is 8.24. The van der Waals surface area contributed by atoms with Crippen molar-refractivity contribution in [2.24, 2.45) is 4.99 Å². The van der Waals surface area contributed by atoms with E-state index in [0.717, 1.165) is 16.8 Å². The quantitative estimate of drug-likeness (QED) is 0.200. The molecule has 0 saturated carbocycles. The molecule has 1 aromatic heterocycles. The molecule has 0 amide bonds. The molecule has 0 radical (unpaired) electrons. The molecule has 0 saturated heterocycles. The van der Waals surface area contributed by atoms with Crippen molar-refractivity contribution in [3.8, 4) is 0 Å². The van der Waals surface area contributed by atoms with Crippen molar-refractivity contribution < 1.29 is 0 Å². The second-order valence-corrected chi connectivity index (χ2v) is 7.93. The minimum absolute atomic E-state index is 0.329. The molecule has 0 aliphatic carbocycles. The van der Waals surface area contributed by atoms with Gasteiger partial charge in [-0.05, 0) is 34.9 Å². The summed E-state index contributed by atoms with van der Waals surface area (Å²) in [6.07, 6.45) is 0. The summed E-state index contributed by atoms with van der Waals surface area (Å²) in [6, 6.07) is 24.6. The van der Waals surface area contributed by atoms with Crippen molar-refractivity contribution in [1.82, 2.24) is 4.90 Å². The second-order valence-electron chi connectivity index (χ2n) is 6.51. The van der Waals surface area contributed by atoms with Crippen molar-refractivity contribution >= 4 is 59.8 Å². The summed E-state index contributed by atoms with van der Waals surface area (Å²) >= 11 is 8.24. The molecule has 4 heteroatoms. The lowest BCUT2D eigenvalue weighted by Crippen LogP contribution is -2.20. The molecule has 0 aliphatic heterocycles. The number of nitrogens with zero attached hydrogens (tertiary/aromatic N) is 2. The van der Waals surface area contributed by atoms with E-state index in [9.17, 15) is 0 Å². The third-order valence-electron chi connectivity index (χ3n) is 4.73. The highest BCUT2D eigenvalue weighted by molar-refractivity contribution is 7.25. The van der Waals surface area contributed by atoms with Crippen LogP contribution in [-0.4, -0.2) is 17.2 Å². The van der Waals surface area contributed by atoms with Crippen LogP contribution in [0, 0.1) is 0 Å². The van der Waals surface area contributed by atoms with E-state index in [4.69, 9.17) is 11.6 Å². The minimum atomic E-state index is 0.329. The molecule has 0 atom stereocenters. The van der Waals surface area contributed by atoms with Gasteiger partial charge in [-0.3, -0.25) is 0 Å². The highest BCUT2D eigenvalue weighted by atomic mass is 35.5. The van der Waals surface area contributed by atoms with Crippen LogP contribution < -0.4 is 0 Å². The minimum Gasteiger partial charge on any atom is -0.320 e. The molecule has 0 N–H and O–H groups in total. The maximum atomic E-state index is 6.46. The molecule has 4 rings (SSSR count). The fourth-order valence-electron chi connectivity index (χ4n) is 3.09. The first-order chi connectivity index (χ1) is 13.5. The van der Waals surface area contributed by atoms with Gasteiger partial charge < -0.3 is 4.90 Å². The zero-order valence-electron chi connectivity index (χ0n) is 15.5. The molecule has 0 spiro atoms. The number of halogens is 1. The molecule has 0 bridgehead atoms. The van der Waals surface area contributed by atoms with Crippen molar-refractivity contribution in [3.63, 3.8) is 0 Å². The number of aliphatic imine (C=N–C) groups is 1. The standard InChI is InChI=1S/C24H19ClN2S/c1-16(18-9-5-4-6-10-18)26-24(25)27(3)17(2)19-13-14-21-20-11-7-8-12-22(20)28-23(21)15-19/h4-15H,1-2H2,3H3/b26-24-. The van der Waals surface area contributed by atoms with Gasteiger partial charge in [-0.2, -0.15) is 0 Å². The lowest BCUT2D eigenvalue weighted by atomic mass is 10.1. The van der Waals surface area contributed by atoms with Gasteiger partial charge in [0.05, 0.1) is 5.70 Å². The second kappa shape index (κ2) is 7.63. The van der Waals surface area contributed by atoms with E-state index in [0.29, 0.717) is 11.0 Å². The lowest BCUT2D eigenvalue weighted by Gasteiger charge is -2.20. The molecule has 3 aromatic carbocycles. The van der Waals surface area contributed by atoms with Crippen molar-refractivity contribution in [2.75, 3.05) is 7.05 Å². The van der Waals surface area contributed by atoms with E-state index in [1.165, 1.54) is 20.2 Å². The first-order valence-corrected chi connectivity index (χ1v) is 10.1. The monoisotopic (exact) mass is 402 g/mol. The van der Waals surface area contributed by atoms with Crippen LogP contribution in [-0.2, 0) is 0 Å². The first kappa shape index (κ1) is 18.5. The van der Waals surface area contributed by atoms with E-state index in [-0.39, 0.29) is 0 Å². The van der Waals surface area contributed by atoms with Crippen LogP contribution in [0.25, 0.3) is 31.6 Å². The van der Waals surface area contributed by atoms with Crippen LogP contribution in [0.3, 0.4) is 0 Å². The number of rotatable bonds is 4. The van der Waals surface area contributed by atoms with Crippen LogP contribution in [0.5, 0.6) is 0 Å². The van der Waals surface area contributed by atoms with E-state index < -0.39 is 0 Å². The Morgan fingerprint density at radius 2 is 1.54 bits per heavy atom. The molecule has 1 heterocycles. The SMILES string of the molecule is C=C(/N=C(/Cl)N(C)C(=C)c1ccc2c(c1)sc1ccccc12)c1ccccc1. The van der Waals surface area contributed by atoms with Crippen LogP contribution in [0.4, 0.5) is 0 Å². The molecule has 4 aromatic rings. The molecular weight excluding hydrogens is 384 g/mol. The maximum absolute atomic E-state index is 6.46. The molecule has 28 heavy (non-hydrogen) atoms. The van der Waals surface area contributed by atoms with Crippen molar-refractivity contribution in [3.05, 3.63) is 97.1 Å². The fraction of sp³-hybridized carbons (Fsp3) is 0.0417. The summed E-state index contributed by atoms with van der Waals surface area (Å²) in [5.41, 5.74) is 3.35. The largest absolute Gasteiger partial charge is 0.320 e. The number of thiophene rings is 1. The molecule has 0 fully saturated rings. The normalized spacial score (nSPS) is 11.7. The van der Waals surface area contributed by atoms with Gasteiger partial charge in [0.2, 0.25) is 5.29 Å². The highest BCUT2D eigenvalue weighted by Crippen LogP contribution is 2.35. The Morgan fingerprint density at radius 3 is 2.32 bits per heavy atom. The van der Waals surface area contributed by atoms with Gasteiger partial charge in [-0.15, -0.1) is 11.3 Å². The predicted molar refractivity (Wildman–Crippen MR) is 125 cm³/mol. The van der Waals surface area contributed by atoms with E-state index in [1.54, 1.807) is 16.2 Å². The van der Waals surface area contributed by atoms with Gasteiger partial charge in [0, 0.05) is 32.9 Å². The van der Waals surface area contributed by atoms with E-state index in [2.05, 4.69) is 60.6 Å². The summed E-state index contributed by atoms with van der Waals surface area (Å²) in [7, 11) is 1.86. The van der Waals surface area contributed by atoms with E-state index in [1.807, 2.05) is 37.4 Å². The molecule has 0 aliphatic rings. The summed E-state index contributed by atoms with van der Waals surface area (Å²) in [4.78, 5) is 6.23. The third kappa shape index (κ3) is 3.47. The van der Waals surface area contributed by atoms with Crippen LogP contribution in [0.2, 0.25) is 0 Å². The Kier molecular flexibility index (Phi) is 5.03. The summed E-state index contributed by atoms with van der Waals surface area (Å²) in [5.74, 6) is 0. The zero-order chi connectivity index (χ0) is 19.7. The average molecular weight is 403 g/mol. The summed E-state index contributed by atoms with van der Waals surface area (Å²) < 4.78 is 2.52. The number of amidine groups is 1. The zero-order valence-corrected chi connectivity index (χ0v) is 17.1. The van der Waals surface area contributed by atoms with Gasteiger partial charge in [0.25, 0.3) is 0 Å². The number of fused-ring (bicyclic) bond motifs is 3. The predicted octanol–water partition coefficient (Wildman–Crippen LogP) is 7.22. The van der Waals surface area contributed by atoms with E-state index >= 15 is 0 Å².